The van der Waals surface area contributed by atoms with Crippen molar-refractivity contribution in [1.29, 1.82) is 0 Å². The summed E-state index contributed by atoms with van der Waals surface area (Å²) in [5.74, 6) is -0.154. The van der Waals surface area contributed by atoms with Crippen molar-refractivity contribution < 1.29 is 4.39 Å². The Morgan fingerprint density at radius 3 is 2.18 bits per heavy atom. The summed E-state index contributed by atoms with van der Waals surface area (Å²) in [7, 11) is 0. The van der Waals surface area contributed by atoms with Gasteiger partial charge in [-0.15, -0.1) is 12.4 Å². The van der Waals surface area contributed by atoms with Crippen LogP contribution in [0.5, 0.6) is 0 Å². The Labute approximate surface area is 109 Å². The maximum absolute atomic E-state index is 12.7. The molecule has 0 aromatic heterocycles. The third-order valence-electron chi connectivity index (χ3n) is 3.36. The molecule has 1 aromatic carbocycles. The highest BCUT2D eigenvalue weighted by Gasteiger charge is 2.10. The Kier molecular flexibility index (Phi) is 6.53. The minimum Gasteiger partial charge on any atom is -0.310 e. The average molecular weight is 258 g/mol. The first-order valence-electron chi connectivity index (χ1n) is 6.32. The lowest BCUT2D eigenvalue weighted by molar-refractivity contribution is 0.459. The largest absolute Gasteiger partial charge is 0.310 e. The first kappa shape index (κ1) is 14.5. The highest BCUT2D eigenvalue weighted by Crippen LogP contribution is 2.17. The van der Waals surface area contributed by atoms with Gasteiger partial charge in [-0.2, -0.15) is 0 Å². The fraction of sp³-hybridized carbons (Fsp3) is 0.571. The normalized spacial score (nSPS) is 17.2. The lowest BCUT2D eigenvalue weighted by Gasteiger charge is -2.16. The van der Waals surface area contributed by atoms with E-state index in [0.717, 1.165) is 6.54 Å². The van der Waals surface area contributed by atoms with E-state index in [4.69, 9.17) is 0 Å². The van der Waals surface area contributed by atoms with Crippen LogP contribution >= 0.6 is 12.4 Å². The van der Waals surface area contributed by atoms with Crippen LogP contribution in [0, 0.1) is 5.82 Å². The van der Waals surface area contributed by atoms with Gasteiger partial charge in [-0.1, -0.05) is 37.8 Å². The molecule has 0 radical (unpaired) electrons. The van der Waals surface area contributed by atoms with Gasteiger partial charge in [0, 0.05) is 12.6 Å². The smallest absolute Gasteiger partial charge is 0.123 e. The van der Waals surface area contributed by atoms with E-state index in [9.17, 15) is 4.39 Å². The first-order valence-corrected chi connectivity index (χ1v) is 6.32. The average Bonchev–Trinajstić information content (AvgIpc) is 2.57. The third-order valence-corrected chi connectivity index (χ3v) is 3.36. The molecule has 0 bridgehead atoms. The molecule has 1 fully saturated rings. The molecule has 1 aromatic rings. The zero-order chi connectivity index (χ0) is 11.2. The van der Waals surface area contributed by atoms with Crippen LogP contribution in [0.25, 0.3) is 0 Å². The van der Waals surface area contributed by atoms with Gasteiger partial charge in [-0.25, -0.2) is 4.39 Å². The van der Waals surface area contributed by atoms with Crippen LogP contribution < -0.4 is 5.32 Å². The second-order valence-electron chi connectivity index (χ2n) is 4.70. The van der Waals surface area contributed by atoms with Crippen molar-refractivity contribution in [2.24, 2.45) is 0 Å². The van der Waals surface area contributed by atoms with E-state index in [2.05, 4.69) is 5.32 Å². The molecule has 0 saturated heterocycles. The third kappa shape index (κ3) is 5.05. The summed E-state index contributed by atoms with van der Waals surface area (Å²) in [5.41, 5.74) is 1.17. The summed E-state index contributed by atoms with van der Waals surface area (Å²) in [6, 6.07) is 7.44. The van der Waals surface area contributed by atoms with Crippen LogP contribution in [-0.4, -0.2) is 6.04 Å². The summed E-state index contributed by atoms with van der Waals surface area (Å²) < 4.78 is 12.7. The summed E-state index contributed by atoms with van der Waals surface area (Å²) in [4.78, 5) is 0. The van der Waals surface area contributed by atoms with Crippen LogP contribution in [0.3, 0.4) is 0 Å². The lowest BCUT2D eigenvalue weighted by Crippen LogP contribution is -2.27. The molecule has 96 valence electrons. The van der Waals surface area contributed by atoms with Crippen LogP contribution in [0.2, 0.25) is 0 Å². The minimum atomic E-state index is -0.154. The topological polar surface area (TPSA) is 12.0 Å². The first-order chi connectivity index (χ1) is 7.84. The van der Waals surface area contributed by atoms with Gasteiger partial charge >= 0.3 is 0 Å². The van der Waals surface area contributed by atoms with Gasteiger partial charge in [0.25, 0.3) is 0 Å². The molecular formula is C14H21ClFN. The number of rotatable bonds is 3. The SMILES string of the molecule is Cl.Fc1ccc(CNC2CCCCCC2)cc1. The number of hydrogen-bond acceptors (Lipinski definition) is 1. The van der Waals surface area contributed by atoms with E-state index in [1.54, 1.807) is 0 Å². The van der Waals surface area contributed by atoms with Crippen molar-refractivity contribution >= 4 is 12.4 Å². The Morgan fingerprint density at radius 1 is 1.00 bits per heavy atom. The lowest BCUT2D eigenvalue weighted by atomic mass is 10.1. The van der Waals surface area contributed by atoms with E-state index < -0.39 is 0 Å². The van der Waals surface area contributed by atoms with Gasteiger partial charge in [-0.05, 0) is 30.5 Å². The number of hydrogen-bond donors (Lipinski definition) is 1. The molecule has 2 rings (SSSR count). The van der Waals surface area contributed by atoms with E-state index in [1.165, 1.54) is 56.2 Å². The predicted octanol–water partition coefficient (Wildman–Crippen LogP) is 4.06. The van der Waals surface area contributed by atoms with E-state index in [1.807, 2.05) is 12.1 Å². The number of benzene rings is 1. The van der Waals surface area contributed by atoms with Gasteiger partial charge in [0.15, 0.2) is 0 Å². The molecular weight excluding hydrogens is 237 g/mol. The van der Waals surface area contributed by atoms with E-state index >= 15 is 0 Å². The Hall–Kier alpha value is -0.600. The van der Waals surface area contributed by atoms with Crippen molar-refractivity contribution in [2.45, 2.75) is 51.1 Å². The van der Waals surface area contributed by atoms with E-state index in [-0.39, 0.29) is 18.2 Å². The molecule has 0 heterocycles. The van der Waals surface area contributed by atoms with Crippen LogP contribution in [0.15, 0.2) is 24.3 Å². The summed E-state index contributed by atoms with van der Waals surface area (Å²) in [6.07, 6.45) is 8.05. The van der Waals surface area contributed by atoms with E-state index in [0.29, 0.717) is 6.04 Å². The van der Waals surface area contributed by atoms with Gasteiger partial charge in [0.1, 0.15) is 5.82 Å². The zero-order valence-corrected chi connectivity index (χ0v) is 10.9. The quantitative estimate of drug-likeness (QED) is 0.806. The second-order valence-corrected chi connectivity index (χ2v) is 4.70. The Morgan fingerprint density at radius 2 is 1.59 bits per heavy atom. The van der Waals surface area contributed by atoms with Gasteiger partial charge < -0.3 is 5.32 Å². The highest BCUT2D eigenvalue weighted by atomic mass is 35.5. The Balaban J connectivity index is 0.00000144. The molecule has 1 saturated carbocycles. The summed E-state index contributed by atoms with van der Waals surface area (Å²) in [5, 5.41) is 3.57. The molecule has 3 heteroatoms. The molecule has 1 aliphatic rings. The van der Waals surface area contributed by atoms with Crippen molar-refractivity contribution in [3.63, 3.8) is 0 Å². The van der Waals surface area contributed by atoms with Gasteiger partial charge in [-0.3, -0.25) is 0 Å². The number of nitrogens with one attached hydrogen (secondary N) is 1. The molecule has 1 aliphatic carbocycles. The monoisotopic (exact) mass is 257 g/mol. The van der Waals surface area contributed by atoms with Gasteiger partial charge in [0.05, 0.1) is 0 Å². The molecule has 0 amide bonds. The van der Waals surface area contributed by atoms with Crippen LogP contribution in [-0.2, 0) is 6.54 Å². The maximum atomic E-state index is 12.7. The second kappa shape index (κ2) is 7.67. The standard InChI is InChI=1S/C14H20FN.ClH/c15-13-9-7-12(8-10-13)11-16-14-5-3-1-2-4-6-14;/h7-10,14,16H,1-6,11H2;1H. The summed E-state index contributed by atoms with van der Waals surface area (Å²) >= 11 is 0. The zero-order valence-electron chi connectivity index (χ0n) is 10.1. The molecule has 0 spiro atoms. The molecule has 17 heavy (non-hydrogen) atoms. The fourth-order valence-corrected chi connectivity index (χ4v) is 2.35. The van der Waals surface area contributed by atoms with Crippen molar-refractivity contribution in [2.75, 3.05) is 0 Å². The van der Waals surface area contributed by atoms with Gasteiger partial charge in [0.2, 0.25) is 0 Å². The molecule has 0 unspecified atom stereocenters. The molecule has 0 aliphatic heterocycles. The molecule has 0 atom stereocenters. The summed E-state index contributed by atoms with van der Waals surface area (Å²) in [6.45, 7) is 0.866. The van der Waals surface area contributed by atoms with Crippen LogP contribution in [0.1, 0.15) is 44.1 Å². The molecule has 1 N–H and O–H groups in total. The predicted molar refractivity (Wildman–Crippen MR) is 72.0 cm³/mol. The molecule has 1 nitrogen and oxygen atoms in total. The number of halogens is 2. The van der Waals surface area contributed by atoms with Crippen molar-refractivity contribution in [3.8, 4) is 0 Å². The maximum Gasteiger partial charge on any atom is 0.123 e. The van der Waals surface area contributed by atoms with Crippen LogP contribution in [0.4, 0.5) is 4.39 Å². The minimum absolute atomic E-state index is 0. The Bertz CT molecular complexity index is 305. The van der Waals surface area contributed by atoms with Crippen molar-refractivity contribution in [3.05, 3.63) is 35.6 Å². The fourth-order valence-electron chi connectivity index (χ4n) is 2.35. The highest BCUT2D eigenvalue weighted by molar-refractivity contribution is 5.85. The van der Waals surface area contributed by atoms with Crippen molar-refractivity contribution in [1.82, 2.24) is 5.32 Å².